The van der Waals surface area contributed by atoms with Crippen molar-refractivity contribution in [2.45, 2.75) is 31.3 Å². The lowest BCUT2D eigenvalue weighted by Gasteiger charge is -2.34. The molecule has 1 heterocycles. The Balaban J connectivity index is 1.05. The molecule has 57 heavy (non-hydrogen) atoms. The summed E-state index contributed by atoms with van der Waals surface area (Å²) in [7, 11) is 0. The van der Waals surface area contributed by atoms with Gasteiger partial charge >= 0.3 is 0 Å². The molecule has 8 aromatic carbocycles. The number of hydrogen-bond donors (Lipinski definition) is 0. The Labute approximate surface area is 334 Å². The van der Waals surface area contributed by atoms with Crippen LogP contribution < -0.4 is 9.64 Å². The van der Waals surface area contributed by atoms with Crippen LogP contribution in [0.1, 0.15) is 36.5 Å². The number of fused-ring (bicyclic) bond motifs is 8. The van der Waals surface area contributed by atoms with Crippen LogP contribution in [-0.4, -0.2) is 6.10 Å². The molecule has 0 amide bonds. The van der Waals surface area contributed by atoms with Crippen molar-refractivity contribution < 1.29 is 4.74 Å². The van der Waals surface area contributed by atoms with E-state index in [4.69, 9.17) is 4.74 Å². The van der Waals surface area contributed by atoms with Gasteiger partial charge in [0.1, 0.15) is 11.9 Å². The van der Waals surface area contributed by atoms with Crippen LogP contribution in [0.15, 0.2) is 206 Å². The Kier molecular flexibility index (Phi) is 7.69. The van der Waals surface area contributed by atoms with E-state index < -0.39 is 0 Å². The monoisotopic (exact) mass is 731 g/mol. The zero-order valence-electron chi connectivity index (χ0n) is 32.1. The largest absolute Gasteiger partial charge is 0.483 e. The molecule has 2 heteroatoms. The molecule has 0 saturated heterocycles. The van der Waals surface area contributed by atoms with E-state index in [1.807, 2.05) is 0 Å². The summed E-state index contributed by atoms with van der Waals surface area (Å²) in [5.41, 5.74) is 17.0. The third-order valence-electron chi connectivity index (χ3n) is 12.4. The van der Waals surface area contributed by atoms with Crippen molar-refractivity contribution >= 4 is 22.1 Å². The van der Waals surface area contributed by atoms with Gasteiger partial charge in [0.2, 0.25) is 0 Å². The Bertz CT molecular complexity index is 2850. The fourth-order valence-corrected chi connectivity index (χ4v) is 9.66. The van der Waals surface area contributed by atoms with Gasteiger partial charge in [-0.15, -0.1) is 0 Å². The predicted octanol–water partition coefficient (Wildman–Crippen LogP) is 14.3. The molecule has 0 saturated carbocycles. The van der Waals surface area contributed by atoms with Crippen molar-refractivity contribution in [2.24, 2.45) is 0 Å². The topological polar surface area (TPSA) is 12.5 Å². The van der Waals surface area contributed by atoms with Gasteiger partial charge in [-0.05, 0) is 121 Å². The molecule has 2 nitrogen and oxygen atoms in total. The highest BCUT2D eigenvalue weighted by molar-refractivity contribution is 6.02. The average molecular weight is 732 g/mol. The zero-order chi connectivity index (χ0) is 38.1. The van der Waals surface area contributed by atoms with Gasteiger partial charge < -0.3 is 9.64 Å². The highest BCUT2D eigenvalue weighted by atomic mass is 16.5. The second kappa shape index (κ2) is 13.1. The van der Waals surface area contributed by atoms with Crippen LogP contribution in [0, 0.1) is 0 Å². The molecule has 0 spiro atoms. The van der Waals surface area contributed by atoms with Crippen LogP contribution in [0.25, 0.3) is 55.3 Å². The van der Waals surface area contributed by atoms with Crippen molar-refractivity contribution in [1.82, 2.24) is 0 Å². The quantitative estimate of drug-likeness (QED) is 0.169. The van der Waals surface area contributed by atoms with Gasteiger partial charge in [0.25, 0.3) is 0 Å². The Hall–Kier alpha value is -6.90. The molecule has 11 rings (SSSR count). The minimum absolute atomic E-state index is 0.0517. The molecule has 0 fully saturated rings. The second-order valence-corrected chi connectivity index (χ2v) is 16.0. The van der Waals surface area contributed by atoms with E-state index in [1.54, 1.807) is 0 Å². The number of ether oxygens (including phenoxy) is 1. The van der Waals surface area contributed by atoms with E-state index in [0.717, 1.165) is 22.8 Å². The lowest BCUT2D eigenvalue weighted by Crippen LogP contribution is -2.32. The summed E-state index contributed by atoms with van der Waals surface area (Å²) in [5, 5.41) is 2.47. The van der Waals surface area contributed by atoms with Crippen molar-refractivity contribution in [3.05, 3.63) is 223 Å². The molecule has 2 aliphatic carbocycles. The van der Waals surface area contributed by atoms with Gasteiger partial charge in [-0.3, -0.25) is 0 Å². The fraction of sp³-hybridized carbons (Fsp3) is 0.0909. The number of para-hydroxylation sites is 1. The maximum Gasteiger partial charge on any atom is 0.149 e. The molecule has 3 aliphatic rings. The maximum atomic E-state index is 7.27. The number of anilines is 2. The molecule has 0 N–H and O–H groups in total. The first-order valence-electron chi connectivity index (χ1n) is 20.0. The van der Waals surface area contributed by atoms with E-state index >= 15 is 0 Å². The first kappa shape index (κ1) is 33.4. The van der Waals surface area contributed by atoms with E-state index in [0.29, 0.717) is 0 Å². The normalized spacial score (nSPS) is 16.9. The minimum Gasteiger partial charge on any atom is -0.483 e. The van der Waals surface area contributed by atoms with Crippen molar-refractivity contribution in [2.75, 3.05) is 4.90 Å². The van der Waals surface area contributed by atoms with E-state index in [-0.39, 0.29) is 17.4 Å². The predicted molar refractivity (Wildman–Crippen MR) is 237 cm³/mol. The zero-order valence-corrected chi connectivity index (χ0v) is 32.1. The Morgan fingerprint density at radius 1 is 0.474 bits per heavy atom. The lowest BCUT2D eigenvalue weighted by atomic mass is 9.82. The summed E-state index contributed by atoms with van der Waals surface area (Å²) in [5.74, 6) is 0.997. The molecule has 0 bridgehead atoms. The molecule has 2 unspecified atom stereocenters. The van der Waals surface area contributed by atoms with Gasteiger partial charge in [-0.1, -0.05) is 159 Å². The lowest BCUT2D eigenvalue weighted by molar-refractivity contribution is 0.253. The van der Waals surface area contributed by atoms with Crippen LogP contribution in [0.5, 0.6) is 5.75 Å². The minimum atomic E-state index is -0.210. The van der Waals surface area contributed by atoms with Crippen LogP contribution in [0.4, 0.5) is 11.4 Å². The number of benzene rings is 8. The highest BCUT2D eigenvalue weighted by Crippen LogP contribution is 2.54. The molecule has 0 radical (unpaired) electrons. The van der Waals surface area contributed by atoms with Crippen molar-refractivity contribution in [1.29, 1.82) is 0 Å². The summed E-state index contributed by atoms with van der Waals surface area (Å²) in [6.45, 7) is 4.70. The smallest absolute Gasteiger partial charge is 0.149 e. The van der Waals surface area contributed by atoms with Crippen LogP contribution in [-0.2, 0) is 5.41 Å². The summed E-state index contributed by atoms with van der Waals surface area (Å²) in [4.78, 5) is 2.42. The Morgan fingerprint density at radius 2 is 1.07 bits per heavy atom. The Morgan fingerprint density at radius 3 is 1.79 bits per heavy atom. The summed E-state index contributed by atoms with van der Waals surface area (Å²) in [6.07, 6.45) is 6.61. The third-order valence-corrected chi connectivity index (χ3v) is 12.4. The number of nitrogens with zero attached hydrogens (tertiary/aromatic N) is 1. The number of rotatable bonds is 6. The molecule has 8 aromatic rings. The van der Waals surface area contributed by atoms with Gasteiger partial charge in [-0.25, -0.2) is 0 Å². The highest BCUT2D eigenvalue weighted by Gasteiger charge is 2.42. The number of hydrogen-bond acceptors (Lipinski definition) is 2. The van der Waals surface area contributed by atoms with Crippen LogP contribution in [0.2, 0.25) is 0 Å². The average Bonchev–Trinajstić information content (AvgIpc) is 3.77. The van der Waals surface area contributed by atoms with Gasteiger partial charge in [-0.2, -0.15) is 0 Å². The van der Waals surface area contributed by atoms with Gasteiger partial charge in [0, 0.05) is 28.3 Å². The molecule has 2 atom stereocenters. The van der Waals surface area contributed by atoms with E-state index in [9.17, 15) is 0 Å². The third kappa shape index (κ3) is 5.39. The fourth-order valence-electron chi connectivity index (χ4n) is 9.66. The summed E-state index contributed by atoms with van der Waals surface area (Å²) < 4.78 is 7.27. The standard InChI is InChI=1S/C55H41NO/c1-55(2)49-27-15-14-24-44(49)45-30-29-42(34-50(45)55)56(41-21-10-5-11-22-41)51-28-16-26-47-53-46-25-13-12-23-43(46)48(35-52(53)57-54(47)51)40-32-38(36-17-6-3-7-18-36)31-39(33-40)37-19-8-4-9-20-37/h3-35,47,54H,1-2H3. The SMILES string of the molecule is CC1(C)c2ccccc2-c2ccc(N(C3=CC=CC4c5c(cc(-c6cc(-c7ccccc7)cc(-c7ccccc7)c6)c6ccccc56)OC34)c3ccccc3)cc21. The summed E-state index contributed by atoms with van der Waals surface area (Å²) >= 11 is 0. The summed E-state index contributed by atoms with van der Waals surface area (Å²) in [6, 6.07) is 66.3. The maximum absolute atomic E-state index is 7.27. The first-order chi connectivity index (χ1) is 28.0. The molecule has 0 aromatic heterocycles. The van der Waals surface area contributed by atoms with Crippen LogP contribution in [0.3, 0.4) is 0 Å². The van der Waals surface area contributed by atoms with Gasteiger partial charge in [0.15, 0.2) is 0 Å². The molecule has 272 valence electrons. The van der Waals surface area contributed by atoms with Crippen LogP contribution >= 0.6 is 0 Å². The number of allylic oxidation sites excluding steroid dienone is 2. The molecule has 1 aliphatic heterocycles. The van der Waals surface area contributed by atoms with E-state index in [1.165, 1.54) is 72.0 Å². The van der Waals surface area contributed by atoms with Crippen molar-refractivity contribution in [3.63, 3.8) is 0 Å². The second-order valence-electron chi connectivity index (χ2n) is 16.0. The first-order valence-corrected chi connectivity index (χ1v) is 20.0. The van der Waals surface area contributed by atoms with Gasteiger partial charge in [0.05, 0.1) is 5.70 Å². The molecular formula is C55H41NO. The molecular weight excluding hydrogens is 691 g/mol. The van der Waals surface area contributed by atoms with Crippen molar-refractivity contribution in [3.8, 4) is 50.3 Å². The van der Waals surface area contributed by atoms with E-state index in [2.05, 4.69) is 219 Å².